The van der Waals surface area contributed by atoms with Crippen molar-refractivity contribution in [2.24, 2.45) is 5.41 Å². The monoisotopic (exact) mass is 485 g/mol. The van der Waals surface area contributed by atoms with Crippen LogP contribution in [0.3, 0.4) is 0 Å². The van der Waals surface area contributed by atoms with E-state index in [0.29, 0.717) is 37.2 Å². The molecule has 0 aromatic heterocycles. The molecule has 4 rings (SSSR count). The highest BCUT2D eigenvalue weighted by Gasteiger charge is 2.45. The lowest BCUT2D eigenvalue weighted by Crippen LogP contribution is -2.45. The van der Waals surface area contributed by atoms with E-state index in [1.165, 1.54) is 6.07 Å². The molecular weight excluding hydrogens is 456 g/mol. The van der Waals surface area contributed by atoms with Gasteiger partial charge in [-0.15, -0.1) is 0 Å². The minimum absolute atomic E-state index is 0.0219. The number of carbonyl (C=O) groups is 3. The van der Waals surface area contributed by atoms with E-state index in [2.05, 4.69) is 16.0 Å². The van der Waals surface area contributed by atoms with E-state index in [4.69, 9.17) is 4.74 Å². The molecule has 2 aliphatic rings. The molecule has 3 N–H and O–H groups in total. The topological polar surface area (TPSA) is 96.5 Å². The van der Waals surface area contributed by atoms with Gasteiger partial charge in [0.05, 0.1) is 18.1 Å². The van der Waals surface area contributed by atoms with Crippen molar-refractivity contribution in [3.8, 4) is 0 Å². The fraction of sp³-hybridized carbons (Fsp3) is 0.423. The first-order valence-corrected chi connectivity index (χ1v) is 11.7. The van der Waals surface area contributed by atoms with Gasteiger partial charge in [-0.05, 0) is 36.6 Å². The molecule has 0 aliphatic carbocycles. The van der Waals surface area contributed by atoms with E-state index in [9.17, 15) is 23.2 Å². The predicted molar refractivity (Wildman–Crippen MR) is 126 cm³/mol. The van der Waals surface area contributed by atoms with Crippen molar-refractivity contribution in [3.63, 3.8) is 0 Å². The fourth-order valence-corrected chi connectivity index (χ4v) is 4.52. The van der Waals surface area contributed by atoms with Gasteiger partial charge >= 0.3 is 0 Å². The first kappa shape index (κ1) is 24.8. The van der Waals surface area contributed by atoms with Crippen LogP contribution in [-0.4, -0.2) is 36.9 Å². The maximum atomic E-state index is 13.9. The first-order chi connectivity index (χ1) is 16.7. The number of Topliss-reactive ketones (excluding diaryl/α,β-unsaturated/α-hetero) is 1. The largest absolute Gasteiger partial charge is 0.380 e. The number of alkyl halides is 2. The average molecular weight is 486 g/mol. The van der Waals surface area contributed by atoms with Crippen molar-refractivity contribution in [2.75, 3.05) is 18.5 Å². The summed E-state index contributed by atoms with van der Waals surface area (Å²) in [7, 11) is 0. The summed E-state index contributed by atoms with van der Waals surface area (Å²) in [4.78, 5) is 37.2. The lowest BCUT2D eigenvalue weighted by atomic mass is 9.79. The number of hydrogen-bond donors (Lipinski definition) is 3. The van der Waals surface area contributed by atoms with Crippen LogP contribution in [0.2, 0.25) is 0 Å². The van der Waals surface area contributed by atoms with Gasteiger partial charge in [0.25, 0.3) is 5.92 Å². The van der Waals surface area contributed by atoms with Crippen LogP contribution in [0.4, 0.5) is 20.2 Å². The van der Waals surface area contributed by atoms with E-state index < -0.39 is 17.4 Å². The Morgan fingerprint density at radius 3 is 2.54 bits per heavy atom. The number of nitrogens with one attached hydrogen (secondary N) is 3. The molecule has 2 aliphatic heterocycles. The number of amides is 2. The summed E-state index contributed by atoms with van der Waals surface area (Å²) >= 11 is 0. The number of rotatable bonds is 9. The van der Waals surface area contributed by atoms with E-state index in [-0.39, 0.29) is 42.7 Å². The van der Waals surface area contributed by atoms with E-state index in [1.807, 2.05) is 0 Å². The van der Waals surface area contributed by atoms with E-state index in [1.54, 1.807) is 42.5 Å². The first-order valence-electron chi connectivity index (χ1n) is 11.7. The number of halogens is 2. The molecule has 7 nitrogen and oxygen atoms in total. The maximum Gasteiger partial charge on any atom is 0.272 e. The molecule has 186 valence electrons. The standard InChI is InChI=1S/C26H29F2N3O4/c1-25(27,28)19-4-2-3-5-20(19)30-18-8-6-17(7-9-18)15-29-24(34)26(12-13-35-16-26)14-22(32)21-10-11-23(33)31-21/h2-9,21,30H,10-16H2,1H3,(H,29,34)(H,31,33)/t21?,26-/m0/s1. The minimum Gasteiger partial charge on any atom is -0.380 e. The Kier molecular flexibility index (Phi) is 7.16. The highest BCUT2D eigenvalue weighted by molar-refractivity contribution is 5.96. The second-order valence-electron chi connectivity index (χ2n) is 9.32. The normalized spacial score (nSPS) is 22.0. The summed E-state index contributed by atoms with van der Waals surface area (Å²) in [6.45, 7) is 1.67. The van der Waals surface area contributed by atoms with Gasteiger partial charge in [0.1, 0.15) is 0 Å². The third-order valence-corrected chi connectivity index (χ3v) is 6.57. The number of hydrogen-bond acceptors (Lipinski definition) is 5. The van der Waals surface area contributed by atoms with Crippen molar-refractivity contribution in [1.29, 1.82) is 0 Å². The Morgan fingerprint density at radius 1 is 1.17 bits per heavy atom. The van der Waals surface area contributed by atoms with Gasteiger partial charge in [-0.2, -0.15) is 0 Å². The molecule has 0 spiro atoms. The second-order valence-corrected chi connectivity index (χ2v) is 9.32. The van der Waals surface area contributed by atoms with Crippen LogP contribution >= 0.6 is 0 Å². The second kappa shape index (κ2) is 10.1. The molecule has 2 fully saturated rings. The van der Waals surface area contributed by atoms with Crippen molar-refractivity contribution in [1.82, 2.24) is 10.6 Å². The van der Waals surface area contributed by atoms with Gasteiger partial charge in [-0.1, -0.05) is 30.3 Å². The SMILES string of the molecule is CC(F)(F)c1ccccc1Nc1ccc(CNC(=O)[C@]2(CC(=O)C3CCC(=O)N3)CCOC2)cc1. The third-order valence-electron chi connectivity index (χ3n) is 6.57. The number of para-hydroxylation sites is 1. The van der Waals surface area contributed by atoms with Crippen molar-refractivity contribution >= 4 is 29.0 Å². The predicted octanol–water partition coefficient (Wildman–Crippen LogP) is 3.80. The van der Waals surface area contributed by atoms with Crippen LogP contribution in [0.25, 0.3) is 0 Å². The highest BCUT2D eigenvalue weighted by atomic mass is 19.3. The van der Waals surface area contributed by atoms with E-state index in [0.717, 1.165) is 12.5 Å². The van der Waals surface area contributed by atoms with Crippen molar-refractivity contribution in [2.45, 2.75) is 51.1 Å². The van der Waals surface area contributed by atoms with Gasteiger partial charge in [0.15, 0.2) is 5.78 Å². The van der Waals surface area contributed by atoms with Crippen molar-refractivity contribution in [3.05, 3.63) is 59.7 Å². The Labute approximate surface area is 202 Å². The van der Waals surface area contributed by atoms with Gasteiger partial charge < -0.3 is 20.7 Å². The Hall–Kier alpha value is -3.33. The molecule has 2 heterocycles. The van der Waals surface area contributed by atoms with Crippen LogP contribution < -0.4 is 16.0 Å². The molecule has 0 bridgehead atoms. The summed E-state index contributed by atoms with van der Waals surface area (Å²) in [5.74, 6) is -3.52. The third kappa shape index (κ3) is 5.85. The molecule has 2 saturated heterocycles. The van der Waals surface area contributed by atoms with Crippen LogP contribution in [0.1, 0.15) is 43.7 Å². The quantitative estimate of drug-likeness (QED) is 0.502. The molecule has 0 radical (unpaired) electrons. The molecular formula is C26H29F2N3O4. The molecule has 1 unspecified atom stereocenters. The van der Waals surface area contributed by atoms with Crippen molar-refractivity contribution < 1.29 is 27.9 Å². The molecule has 9 heteroatoms. The summed E-state index contributed by atoms with van der Waals surface area (Å²) in [6.07, 6.45) is 1.24. The summed E-state index contributed by atoms with van der Waals surface area (Å²) in [5.41, 5.74) is 0.753. The Balaban J connectivity index is 1.36. The molecule has 2 aromatic carbocycles. The number of ketones is 1. The Morgan fingerprint density at radius 2 is 1.91 bits per heavy atom. The Bertz CT molecular complexity index is 1090. The van der Waals surface area contributed by atoms with Crippen LogP contribution in [0.15, 0.2) is 48.5 Å². The van der Waals surface area contributed by atoms with Crippen LogP contribution in [-0.2, 0) is 31.6 Å². The fourth-order valence-electron chi connectivity index (χ4n) is 4.52. The average Bonchev–Trinajstić information content (AvgIpc) is 3.48. The van der Waals surface area contributed by atoms with Gasteiger partial charge in [-0.25, -0.2) is 8.78 Å². The van der Waals surface area contributed by atoms with E-state index >= 15 is 0 Å². The highest BCUT2D eigenvalue weighted by Crippen LogP contribution is 2.35. The lowest BCUT2D eigenvalue weighted by molar-refractivity contribution is -0.136. The maximum absolute atomic E-state index is 13.9. The molecule has 2 atom stereocenters. The number of anilines is 2. The van der Waals surface area contributed by atoms with Crippen LogP contribution in [0.5, 0.6) is 0 Å². The number of benzene rings is 2. The molecule has 35 heavy (non-hydrogen) atoms. The number of carbonyl (C=O) groups excluding carboxylic acids is 3. The molecule has 0 saturated carbocycles. The summed E-state index contributed by atoms with van der Waals surface area (Å²) in [6, 6.07) is 12.8. The summed E-state index contributed by atoms with van der Waals surface area (Å²) in [5, 5.41) is 8.60. The zero-order valence-electron chi connectivity index (χ0n) is 19.5. The summed E-state index contributed by atoms with van der Waals surface area (Å²) < 4.78 is 33.2. The smallest absolute Gasteiger partial charge is 0.272 e. The molecule has 2 amide bonds. The zero-order valence-corrected chi connectivity index (χ0v) is 19.5. The molecule has 2 aromatic rings. The number of ether oxygens (including phenoxy) is 1. The van der Waals surface area contributed by atoms with Gasteiger partial charge in [0.2, 0.25) is 11.8 Å². The lowest BCUT2D eigenvalue weighted by Gasteiger charge is -2.26. The van der Waals surface area contributed by atoms with Crippen LogP contribution in [0, 0.1) is 5.41 Å². The zero-order chi connectivity index (χ0) is 25.1. The minimum atomic E-state index is -2.97. The van der Waals surface area contributed by atoms with Gasteiger partial charge in [-0.3, -0.25) is 14.4 Å². The van der Waals surface area contributed by atoms with Gasteiger partial charge in [0, 0.05) is 49.9 Å².